The molecular weight excluding hydrogens is 274 g/mol. The van der Waals surface area contributed by atoms with Crippen LogP contribution in [-0.4, -0.2) is 24.2 Å². The zero-order chi connectivity index (χ0) is 12.1. The molecule has 0 aliphatic heterocycles. The summed E-state index contributed by atoms with van der Waals surface area (Å²) in [6.07, 6.45) is 6.15. The molecule has 5 heteroatoms. The first-order chi connectivity index (χ1) is 7.60. The van der Waals surface area contributed by atoms with Gasteiger partial charge in [-0.2, -0.15) is 0 Å². The number of nitrogens with zero attached hydrogens (tertiary/aromatic N) is 1. The third-order valence-electron chi connectivity index (χ3n) is 1.94. The van der Waals surface area contributed by atoms with E-state index in [2.05, 4.69) is 21.9 Å². The van der Waals surface area contributed by atoms with Crippen LogP contribution in [0.4, 0.5) is 5.88 Å². The van der Waals surface area contributed by atoms with E-state index < -0.39 is 5.97 Å². The number of terminal acetylenes is 1. The van der Waals surface area contributed by atoms with Crippen molar-refractivity contribution in [3.8, 4) is 12.3 Å². The first-order valence-electron chi connectivity index (χ1n) is 4.81. The molecule has 0 unspecified atom stereocenters. The number of aromatic carboxylic acids is 1. The van der Waals surface area contributed by atoms with Crippen molar-refractivity contribution in [1.82, 2.24) is 0 Å². The van der Waals surface area contributed by atoms with E-state index in [4.69, 9.17) is 15.9 Å². The summed E-state index contributed by atoms with van der Waals surface area (Å²) in [5.41, 5.74) is 0. The van der Waals surface area contributed by atoms with E-state index in [0.717, 1.165) is 13.0 Å². The molecule has 0 amide bonds. The Morgan fingerprint density at radius 1 is 1.75 bits per heavy atom. The second kappa shape index (κ2) is 5.61. The Labute approximate surface area is 102 Å². The van der Waals surface area contributed by atoms with Gasteiger partial charge in [-0.1, -0.05) is 12.8 Å². The summed E-state index contributed by atoms with van der Waals surface area (Å²) in [5.74, 6) is 1.79. The Bertz CT molecular complexity index is 419. The molecule has 0 saturated carbocycles. The number of anilines is 1. The van der Waals surface area contributed by atoms with Crippen molar-refractivity contribution in [1.29, 1.82) is 0 Å². The van der Waals surface area contributed by atoms with Gasteiger partial charge in [-0.05, 0) is 22.4 Å². The highest BCUT2D eigenvalue weighted by molar-refractivity contribution is 9.10. The Morgan fingerprint density at radius 3 is 2.88 bits per heavy atom. The molecule has 0 bridgehead atoms. The molecule has 1 aromatic heterocycles. The van der Waals surface area contributed by atoms with Crippen LogP contribution in [0.3, 0.4) is 0 Å². The lowest BCUT2D eigenvalue weighted by Crippen LogP contribution is -2.24. The van der Waals surface area contributed by atoms with Crippen molar-refractivity contribution in [2.24, 2.45) is 0 Å². The fraction of sp³-hybridized carbons (Fsp3) is 0.364. The second-order valence-electron chi connectivity index (χ2n) is 3.19. The van der Waals surface area contributed by atoms with Crippen LogP contribution in [0.1, 0.15) is 23.9 Å². The van der Waals surface area contributed by atoms with Crippen molar-refractivity contribution in [2.75, 3.05) is 18.0 Å². The first kappa shape index (κ1) is 12.7. The lowest BCUT2D eigenvalue weighted by atomic mass is 10.4. The molecule has 4 nitrogen and oxygen atoms in total. The lowest BCUT2D eigenvalue weighted by Gasteiger charge is -2.18. The predicted molar refractivity (Wildman–Crippen MR) is 64.7 cm³/mol. The zero-order valence-corrected chi connectivity index (χ0v) is 10.5. The number of furan rings is 1. The van der Waals surface area contributed by atoms with Gasteiger partial charge in [0, 0.05) is 12.6 Å². The van der Waals surface area contributed by atoms with Crippen LogP contribution < -0.4 is 4.90 Å². The fourth-order valence-corrected chi connectivity index (χ4v) is 1.85. The number of carboxylic acid groups (broad SMARTS) is 1. The third-order valence-corrected chi connectivity index (χ3v) is 2.51. The molecule has 1 aromatic rings. The van der Waals surface area contributed by atoms with Gasteiger partial charge < -0.3 is 14.4 Å². The van der Waals surface area contributed by atoms with Gasteiger partial charge in [-0.15, -0.1) is 6.42 Å². The molecule has 0 radical (unpaired) electrons. The summed E-state index contributed by atoms with van der Waals surface area (Å²) in [6.45, 7) is 3.12. The minimum Gasteiger partial charge on any atom is -0.475 e. The third kappa shape index (κ3) is 2.80. The number of halogens is 1. The van der Waals surface area contributed by atoms with Crippen molar-refractivity contribution in [3.05, 3.63) is 16.3 Å². The Balaban J connectivity index is 3.00. The van der Waals surface area contributed by atoms with E-state index in [1.165, 1.54) is 6.07 Å². The number of hydrogen-bond donors (Lipinski definition) is 1. The molecule has 0 spiro atoms. The molecular formula is C11H12BrNO3. The molecule has 0 saturated heterocycles. The summed E-state index contributed by atoms with van der Waals surface area (Å²) in [5, 5.41) is 8.79. The molecule has 0 fully saturated rings. The van der Waals surface area contributed by atoms with Gasteiger partial charge in [0.15, 0.2) is 0 Å². The van der Waals surface area contributed by atoms with Gasteiger partial charge in [0.05, 0.1) is 11.0 Å². The van der Waals surface area contributed by atoms with Crippen LogP contribution in [0.15, 0.2) is 15.0 Å². The normalized spacial score (nSPS) is 9.81. The molecule has 0 atom stereocenters. The Kier molecular flexibility index (Phi) is 4.44. The zero-order valence-electron chi connectivity index (χ0n) is 8.86. The first-order valence-corrected chi connectivity index (χ1v) is 5.60. The number of rotatable bonds is 5. The van der Waals surface area contributed by atoms with Crippen LogP contribution in [0.2, 0.25) is 0 Å². The number of carboxylic acids is 1. The maximum Gasteiger partial charge on any atom is 0.371 e. The smallest absolute Gasteiger partial charge is 0.371 e. The molecule has 0 aromatic carbocycles. The quantitative estimate of drug-likeness (QED) is 0.845. The largest absolute Gasteiger partial charge is 0.475 e. The van der Waals surface area contributed by atoms with E-state index in [-0.39, 0.29) is 5.76 Å². The van der Waals surface area contributed by atoms with Crippen LogP contribution in [0.25, 0.3) is 0 Å². The van der Waals surface area contributed by atoms with Gasteiger partial charge in [0.2, 0.25) is 11.6 Å². The summed E-state index contributed by atoms with van der Waals surface area (Å²) >= 11 is 3.26. The van der Waals surface area contributed by atoms with Gasteiger partial charge in [0.1, 0.15) is 0 Å². The second-order valence-corrected chi connectivity index (χ2v) is 4.05. The molecule has 0 aliphatic rings. The van der Waals surface area contributed by atoms with Crippen LogP contribution in [0.5, 0.6) is 0 Å². The highest BCUT2D eigenvalue weighted by Gasteiger charge is 2.18. The van der Waals surface area contributed by atoms with Gasteiger partial charge >= 0.3 is 5.97 Å². The Hall–Kier alpha value is -1.41. The van der Waals surface area contributed by atoms with Crippen LogP contribution in [0, 0.1) is 12.3 Å². The highest BCUT2D eigenvalue weighted by Crippen LogP contribution is 2.30. The van der Waals surface area contributed by atoms with Gasteiger partial charge in [0.25, 0.3) is 0 Å². The molecule has 0 aliphatic carbocycles. The molecule has 86 valence electrons. The van der Waals surface area contributed by atoms with Crippen LogP contribution in [-0.2, 0) is 0 Å². The molecule has 1 N–H and O–H groups in total. The van der Waals surface area contributed by atoms with E-state index in [0.29, 0.717) is 16.9 Å². The van der Waals surface area contributed by atoms with E-state index in [1.807, 2.05) is 11.8 Å². The maximum atomic E-state index is 10.7. The average Bonchev–Trinajstić information content (AvgIpc) is 2.60. The van der Waals surface area contributed by atoms with Gasteiger partial charge in [-0.3, -0.25) is 0 Å². The molecule has 1 rings (SSSR count). The number of carbonyl (C=O) groups is 1. The van der Waals surface area contributed by atoms with Crippen molar-refractivity contribution in [3.63, 3.8) is 0 Å². The maximum absolute atomic E-state index is 10.7. The van der Waals surface area contributed by atoms with Crippen molar-refractivity contribution < 1.29 is 14.3 Å². The molecule has 16 heavy (non-hydrogen) atoms. The topological polar surface area (TPSA) is 53.7 Å². The molecule has 1 heterocycles. The highest BCUT2D eigenvalue weighted by atomic mass is 79.9. The van der Waals surface area contributed by atoms with E-state index in [9.17, 15) is 4.79 Å². The summed E-state index contributed by atoms with van der Waals surface area (Å²) in [4.78, 5) is 12.5. The lowest BCUT2D eigenvalue weighted by molar-refractivity contribution is 0.0663. The predicted octanol–water partition coefficient (Wildman–Crippen LogP) is 2.59. The van der Waals surface area contributed by atoms with Crippen LogP contribution >= 0.6 is 15.9 Å². The standard InChI is InChI=1S/C11H12BrNO3/c1-3-5-13(6-4-2)10-8(12)7-9(16-10)11(14)15/h1,7H,4-6H2,2H3,(H,14,15). The summed E-state index contributed by atoms with van der Waals surface area (Å²) in [6, 6.07) is 1.43. The minimum atomic E-state index is -1.09. The van der Waals surface area contributed by atoms with Crippen molar-refractivity contribution >= 4 is 27.8 Å². The fourth-order valence-electron chi connectivity index (χ4n) is 1.31. The van der Waals surface area contributed by atoms with E-state index >= 15 is 0 Å². The monoisotopic (exact) mass is 285 g/mol. The average molecular weight is 286 g/mol. The van der Waals surface area contributed by atoms with E-state index in [1.54, 1.807) is 0 Å². The minimum absolute atomic E-state index is 0.0972. The number of hydrogen-bond acceptors (Lipinski definition) is 3. The van der Waals surface area contributed by atoms with Crippen molar-refractivity contribution in [2.45, 2.75) is 13.3 Å². The SMILES string of the molecule is C#CCN(CCC)c1oc(C(=O)O)cc1Br. The van der Waals surface area contributed by atoms with Gasteiger partial charge in [-0.25, -0.2) is 4.79 Å². The summed E-state index contributed by atoms with van der Waals surface area (Å²) in [7, 11) is 0. The summed E-state index contributed by atoms with van der Waals surface area (Å²) < 4.78 is 5.83. The Morgan fingerprint density at radius 2 is 2.44 bits per heavy atom.